The van der Waals surface area contributed by atoms with Gasteiger partial charge in [-0.25, -0.2) is 9.97 Å². The molecule has 1 saturated carbocycles. The van der Waals surface area contributed by atoms with Crippen LogP contribution in [-0.2, 0) is 0 Å². The number of hydrogen-bond acceptors (Lipinski definition) is 8. The lowest BCUT2D eigenvalue weighted by molar-refractivity contribution is 0.0819. The molecule has 1 fully saturated rings. The fourth-order valence-electron chi connectivity index (χ4n) is 4.53. The van der Waals surface area contributed by atoms with E-state index in [1.807, 2.05) is 0 Å². The first kappa shape index (κ1) is 25.1. The third-order valence-corrected chi connectivity index (χ3v) is 7.31. The van der Waals surface area contributed by atoms with Crippen LogP contribution in [0, 0.1) is 5.41 Å². The number of rotatable bonds is 7. The summed E-state index contributed by atoms with van der Waals surface area (Å²) < 4.78 is 0.605. The van der Waals surface area contributed by atoms with Gasteiger partial charge in [-0.15, -0.1) is 0 Å². The lowest BCUT2D eigenvalue weighted by Gasteiger charge is -2.36. The zero-order chi connectivity index (χ0) is 25.5. The molecule has 1 aliphatic carbocycles. The zero-order valence-corrected chi connectivity index (χ0v) is 21.8. The van der Waals surface area contributed by atoms with E-state index >= 15 is 0 Å². The fourth-order valence-corrected chi connectivity index (χ4v) is 5.07. The molecule has 0 spiro atoms. The summed E-state index contributed by atoms with van der Waals surface area (Å²) in [5.74, 6) is -0.916. The van der Waals surface area contributed by atoms with Crippen LogP contribution in [0.1, 0.15) is 54.8 Å². The number of pyridine rings is 2. The van der Waals surface area contributed by atoms with Gasteiger partial charge < -0.3 is 20.6 Å². The summed E-state index contributed by atoms with van der Waals surface area (Å²) in [6, 6.07) is 4.46. The third-order valence-electron chi connectivity index (χ3n) is 6.55. The molecule has 35 heavy (non-hydrogen) atoms. The van der Waals surface area contributed by atoms with Crippen LogP contribution >= 0.6 is 27.5 Å². The molecule has 3 N–H and O–H groups in total. The van der Waals surface area contributed by atoms with E-state index in [2.05, 4.69) is 43.5 Å². The highest BCUT2D eigenvalue weighted by molar-refractivity contribution is 9.10. The van der Waals surface area contributed by atoms with Gasteiger partial charge in [0.25, 0.3) is 16.8 Å². The first-order valence-corrected chi connectivity index (χ1v) is 12.3. The highest BCUT2D eigenvalue weighted by Crippen LogP contribution is 2.50. The van der Waals surface area contributed by atoms with E-state index in [9.17, 15) is 19.5 Å². The molecule has 0 radical (unpaired) electrons. The average molecular weight is 563 g/mol. The van der Waals surface area contributed by atoms with Crippen molar-refractivity contribution in [3.05, 3.63) is 65.9 Å². The summed E-state index contributed by atoms with van der Waals surface area (Å²) in [6.07, 6.45) is 5.20. The standard InChI is InChI=1S/C24H25BrClN5O4/c1-24(9-4-5-10-24)22(15-12(26)6-7-14(25)29-15)30-17-16(20(33)21(17)34)28-13-8-11-27-18(19(13)32)23(35)31(2)3/h6-8,11,22,30,32H,4-5,9-10H2,1-3H3,(H,27,28). The van der Waals surface area contributed by atoms with Crippen LogP contribution < -0.4 is 21.5 Å². The van der Waals surface area contributed by atoms with Crippen molar-refractivity contribution < 1.29 is 9.90 Å². The maximum atomic E-state index is 12.6. The minimum absolute atomic E-state index is 0.00234. The van der Waals surface area contributed by atoms with Crippen molar-refractivity contribution in [1.82, 2.24) is 14.9 Å². The van der Waals surface area contributed by atoms with Crippen molar-refractivity contribution in [2.24, 2.45) is 5.41 Å². The Morgan fingerprint density at radius 1 is 1.17 bits per heavy atom. The van der Waals surface area contributed by atoms with Gasteiger partial charge in [-0.2, -0.15) is 0 Å². The minimum atomic E-state index is -0.729. The van der Waals surface area contributed by atoms with E-state index in [0.717, 1.165) is 25.7 Å². The maximum absolute atomic E-state index is 12.6. The van der Waals surface area contributed by atoms with E-state index in [0.29, 0.717) is 15.3 Å². The van der Waals surface area contributed by atoms with Crippen molar-refractivity contribution in [3.8, 4) is 5.75 Å². The van der Waals surface area contributed by atoms with Crippen LogP contribution in [0.2, 0.25) is 5.02 Å². The summed E-state index contributed by atoms with van der Waals surface area (Å²) in [7, 11) is 3.07. The van der Waals surface area contributed by atoms with Crippen molar-refractivity contribution in [2.75, 3.05) is 24.7 Å². The summed E-state index contributed by atoms with van der Waals surface area (Å²) in [5, 5.41) is 17.1. The first-order chi connectivity index (χ1) is 16.5. The number of aromatic nitrogens is 2. The number of carbonyl (C=O) groups is 1. The molecule has 3 aromatic rings. The predicted molar refractivity (Wildman–Crippen MR) is 138 cm³/mol. The minimum Gasteiger partial charge on any atom is -0.504 e. The number of aromatic hydroxyl groups is 1. The van der Waals surface area contributed by atoms with E-state index in [-0.39, 0.29) is 28.2 Å². The molecule has 1 unspecified atom stereocenters. The Hall–Kier alpha value is -2.98. The topological polar surface area (TPSA) is 125 Å². The molecule has 0 bridgehead atoms. The highest BCUT2D eigenvalue weighted by atomic mass is 79.9. The summed E-state index contributed by atoms with van der Waals surface area (Å²) in [4.78, 5) is 47.3. The Balaban J connectivity index is 1.72. The highest BCUT2D eigenvalue weighted by Gasteiger charge is 2.41. The van der Waals surface area contributed by atoms with Crippen molar-refractivity contribution >= 4 is 50.5 Å². The number of hydrogen-bond donors (Lipinski definition) is 3. The second kappa shape index (κ2) is 9.58. The van der Waals surface area contributed by atoms with Gasteiger partial charge in [0.1, 0.15) is 16.0 Å². The Kier molecular flexibility index (Phi) is 6.88. The Morgan fingerprint density at radius 2 is 1.83 bits per heavy atom. The Morgan fingerprint density at radius 3 is 2.49 bits per heavy atom. The molecule has 9 nitrogen and oxygen atoms in total. The van der Waals surface area contributed by atoms with Gasteiger partial charge in [0, 0.05) is 20.3 Å². The van der Waals surface area contributed by atoms with Gasteiger partial charge in [-0.3, -0.25) is 14.4 Å². The van der Waals surface area contributed by atoms with Gasteiger partial charge in [0.15, 0.2) is 11.4 Å². The second-order valence-electron chi connectivity index (χ2n) is 9.23. The first-order valence-electron chi connectivity index (χ1n) is 11.1. The molecule has 0 aliphatic heterocycles. The maximum Gasteiger partial charge on any atom is 0.275 e. The molecule has 2 heterocycles. The van der Waals surface area contributed by atoms with Crippen molar-refractivity contribution in [3.63, 3.8) is 0 Å². The Labute approximate surface area is 215 Å². The molecule has 0 saturated heterocycles. The quantitative estimate of drug-likeness (QED) is 0.286. The molecule has 2 aromatic heterocycles. The van der Waals surface area contributed by atoms with Gasteiger partial charge in [0.2, 0.25) is 0 Å². The van der Waals surface area contributed by atoms with Crippen LogP contribution in [-0.4, -0.2) is 40.0 Å². The second-order valence-corrected chi connectivity index (χ2v) is 10.4. The van der Waals surface area contributed by atoms with Crippen molar-refractivity contribution in [1.29, 1.82) is 0 Å². The van der Waals surface area contributed by atoms with Gasteiger partial charge >= 0.3 is 0 Å². The lowest BCUT2D eigenvalue weighted by atomic mass is 9.78. The predicted octanol–water partition coefficient (Wildman–Crippen LogP) is 4.37. The van der Waals surface area contributed by atoms with Gasteiger partial charge in [-0.05, 0) is 52.4 Å². The number of amides is 1. The number of nitrogens with one attached hydrogen (secondary N) is 2. The summed E-state index contributed by atoms with van der Waals surface area (Å²) >= 11 is 9.91. The van der Waals surface area contributed by atoms with E-state index < -0.39 is 28.6 Å². The van der Waals surface area contributed by atoms with Gasteiger partial charge in [0.05, 0.1) is 22.4 Å². The number of halogens is 2. The number of nitrogens with zero attached hydrogens (tertiary/aromatic N) is 3. The third kappa shape index (κ3) is 4.64. The Bertz CT molecular complexity index is 1360. The van der Waals surface area contributed by atoms with Crippen LogP contribution in [0.25, 0.3) is 0 Å². The normalized spacial score (nSPS) is 15.7. The van der Waals surface area contributed by atoms with Crippen LogP contribution in [0.15, 0.2) is 38.6 Å². The molecule has 1 atom stereocenters. The number of anilines is 3. The largest absolute Gasteiger partial charge is 0.504 e. The number of carbonyl (C=O) groups excluding carboxylic acids is 1. The molecule has 11 heteroatoms. The van der Waals surface area contributed by atoms with Crippen LogP contribution in [0.3, 0.4) is 0 Å². The molecule has 1 aliphatic rings. The summed E-state index contributed by atoms with van der Waals surface area (Å²) in [5.41, 5.74) is -1.08. The SMILES string of the molecule is CN(C)C(=O)c1nccc(Nc2c(NC(c3nc(Br)ccc3Cl)C3(C)CCCC3)c(=O)c2=O)c1O. The van der Waals surface area contributed by atoms with E-state index in [1.54, 1.807) is 12.1 Å². The molecule has 1 aromatic carbocycles. The summed E-state index contributed by atoms with van der Waals surface area (Å²) in [6.45, 7) is 2.11. The van der Waals surface area contributed by atoms with E-state index in [4.69, 9.17) is 11.6 Å². The van der Waals surface area contributed by atoms with E-state index in [1.165, 1.54) is 31.3 Å². The molecular weight excluding hydrogens is 538 g/mol. The molecular formula is C24H25BrClN5O4. The van der Waals surface area contributed by atoms with Gasteiger partial charge in [-0.1, -0.05) is 31.4 Å². The molecule has 184 valence electrons. The fraction of sp³-hybridized carbons (Fsp3) is 0.375. The lowest BCUT2D eigenvalue weighted by Crippen LogP contribution is -2.40. The van der Waals surface area contributed by atoms with Crippen molar-refractivity contribution in [2.45, 2.75) is 38.6 Å². The molecule has 4 rings (SSSR count). The van der Waals surface area contributed by atoms with Crippen LogP contribution in [0.4, 0.5) is 17.1 Å². The average Bonchev–Trinajstić information content (AvgIpc) is 3.27. The molecule has 1 amide bonds. The van der Waals surface area contributed by atoms with Crippen LogP contribution in [0.5, 0.6) is 5.75 Å². The smallest absolute Gasteiger partial charge is 0.275 e. The zero-order valence-electron chi connectivity index (χ0n) is 19.5. The monoisotopic (exact) mass is 561 g/mol.